The lowest BCUT2D eigenvalue weighted by atomic mass is 10.3. The first-order valence-corrected chi connectivity index (χ1v) is 7.07. The van der Waals surface area contributed by atoms with Crippen LogP contribution in [0.5, 0.6) is 0 Å². The summed E-state index contributed by atoms with van der Waals surface area (Å²) in [7, 11) is 2.01. The van der Waals surface area contributed by atoms with Crippen LogP contribution in [0.25, 0.3) is 0 Å². The lowest BCUT2D eigenvalue weighted by Gasteiger charge is -2.18. The number of rotatable bonds is 7. The molecule has 0 saturated heterocycles. The molecular formula is C12H23N3S. The maximum Gasteiger partial charge on any atom is 0.126 e. The zero-order chi connectivity index (χ0) is 12.0. The van der Waals surface area contributed by atoms with E-state index < -0.39 is 0 Å². The minimum atomic E-state index is 0.356. The van der Waals surface area contributed by atoms with Gasteiger partial charge in [-0.2, -0.15) is 11.8 Å². The van der Waals surface area contributed by atoms with Gasteiger partial charge in [0.25, 0.3) is 0 Å². The van der Waals surface area contributed by atoms with Crippen LogP contribution in [0.15, 0.2) is 12.4 Å². The molecule has 4 heteroatoms. The maximum absolute atomic E-state index is 4.45. The molecular weight excluding hydrogens is 218 g/mol. The minimum Gasteiger partial charge on any atom is -0.334 e. The van der Waals surface area contributed by atoms with Gasteiger partial charge in [0.1, 0.15) is 5.82 Å². The smallest absolute Gasteiger partial charge is 0.126 e. The highest BCUT2D eigenvalue weighted by molar-refractivity contribution is 7.99. The Bertz CT molecular complexity index is 298. The molecule has 1 rings (SSSR count). The lowest BCUT2D eigenvalue weighted by molar-refractivity contribution is 0.569. The highest BCUT2D eigenvalue weighted by atomic mass is 32.2. The van der Waals surface area contributed by atoms with Crippen LogP contribution < -0.4 is 5.32 Å². The van der Waals surface area contributed by atoms with E-state index in [1.807, 2.05) is 31.2 Å². The van der Waals surface area contributed by atoms with E-state index in [1.165, 1.54) is 6.42 Å². The van der Waals surface area contributed by atoms with E-state index in [-0.39, 0.29) is 0 Å². The Morgan fingerprint density at radius 3 is 2.81 bits per heavy atom. The summed E-state index contributed by atoms with van der Waals surface area (Å²) in [6.07, 6.45) is 5.16. The zero-order valence-corrected chi connectivity index (χ0v) is 11.5. The van der Waals surface area contributed by atoms with Crippen molar-refractivity contribution in [2.24, 2.45) is 0 Å². The van der Waals surface area contributed by atoms with Crippen LogP contribution in [0.4, 0.5) is 0 Å². The maximum atomic E-state index is 4.45. The SMILES string of the molecule is CCC(C)SCC(NC)c1nccn1CC. The van der Waals surface area contributed by atoms with E-state index in [9.17, 15) is 0 Å². The molecule has 1 heterocycles. The molecule has 1 aromatic rings. The molecule has 2 unspecified atom stereocenters. The van der Waals surface area contributed by atoms with Gasteiger partial charge in [-0.1, -0.05) is 13.8 Å². The second-order valence-electron chi connectivity index (χ2n) is 3.96. The fourth-order valence-electron chi connectivity index (χ4n) is 1.56. The van der Waals surface area contributed by atoms with E-state index >= 15 is 0 Å². The molecule has 16 heavy (non-hydrogen) atoms. The Labute approximate surface area is 103 Å². The average molecular weight is 241 g/mol. The van der Waals surface area contributed by atoms with Gasteiger partial charge in [-0.25, -0.2) is 4.98 Å². The summed E-state index contributed by atoms with van der Waals surface area (Å²) in [5.41, 5.74) is 0. The summed E-state index contributed by atoms with van der Waals surface area (Å²) in [5, 5.41) is 4.08. The fraction of sp³-hybridized carbons (Fsp3) is 0.750. The summed E-state index contributed by atoms with van der Waals surface area (Å²) in [6.45, 7) is 7.66. The first kappa shape index (κ1) is 13.6. The van der Waals surface area contributed by atoms with E-state index in [2.05, 4.69) is 35.6 Å². The number of nitrogens with one attached hydrogen (secondary N) is 1. The monoisotopic (exact) mass is 241 g/mol. The summed E-state index contributed by atoms with van der Waals surface area (Å²) in [6, 6.07) is 0.356. The molecule has 3 nitrogen and oxygen atoms in total. The van der Waals surface area contributed by atoms with Gasteiger partial charge in [-0.05, 0) is 20.4 Å². The summed E-state index contributed by atoms with van der Waals surface area (Å²) in [4.78, 5) is 4.45. The van der Waals surface area contributed by atoms with Crippen molar-refractivity contribution in [3.05, 3.63) is 18.2 Å². The van der Waals surface area contributed by atoms with Crippen molar-refractivity contribution in [1.82, 2.24) is 14.9 Å². The molecule has 0 aliphatic carbocycles. The van der Waals surface area contributed by atoms with E-state index in [0.29, 0.717) is 6.04 Å². The number of imidazole rings is 1. The van der Waals surface area contributed by atoms with Crippen molar-refractivity contribution in [2.75, 3.05) is 12.8 Å². The normalized spacial score (nSPS) is 15.0. The third kappa shape index (κ3) is 3.52. The Morgan fingerprint density at radius 2 is 2.25 bits per heavy atom. The zero-order valence-electron chi connectivity index (χ0n) is 10.7. The molecule has 0 aliphatic rings. The van der Waals surface area contributed by atoms with Gasteiger partial charge in [0, 0.05) is 29.9 Å². The third-order valence-corrected chi connectivity index (χ3v) is 4.30. The minimum absolute atomic E-state index is 0.356. The fourth-order valence-corrected chi connectivity index (χ4v) is 2.64. The Hall–Kier alpha value is -0.480. The third-order valence-electron chi connectivity index (χ3n) is 2.87. The number of hydrogen-bond acceptors (Lipinski definition) is 3. The van der Waals surface area contributed by atoms with Gasteiger partial charge >= 0.3 is 0 Å². The number of aromatic nitrogens is 2. The predicted molar refractivity (Wildman–Crippen MR) is 71.9 cm³/mol. The average Bonchev–Trinajstić information content (AvgIpc) is 2.77. The van der Waals surface area contributed by atoms with Crippen molar-refractivity contribution < 1.29 is 0 Å². The largest absolute Gasteiger partial charge is 0.334 e. The second-order valence-corrected chi connectivity index (χ2v) is 5.44. The van der Waals surface area contributed by atoms with Gasteiger partial charge in [0.05, 0.1) is 6.04 Å². The molecule has 0 saturated carbocycles. The van der Waals surface area contributed by atoms with E-state index in [4.69, 9.17) is 0 Å². The topological polar surface area (TPSA) is 29.9 Å². The van der Waals surface area contributed by atoms with Crippen LogP contribution in [0.3, 0.4) is 0 Å². The van der Waals surface area contributed by atoms with Crippen molar-refractivity contribution in [3.8, 4) is 0 Å². The Morgan fingerprint density at radius 1 is 1.50 bits per heavy atom. The van der Waals surface area contributed by atoms with E-state index in [1.54, 1.807) is 0 Å². The van der Waals surface area contributed by atoms with Crippen molar-refractivity contribution >= 4 is 11.8 Å². The van der Waals surface area contributed by atoms with Crippen LogP contribution in [0.1, 0.15) is 39.1 Å². The molecule has 92 valence electrons. The first-order valence-electron chi connectivity index (χ1n) is 6.02. The number of aryl methyl sites for hydroxylation is 1. The number of hydrogen-bond donors (Lipinski definition) is 1. The molecule has 1 aromatic heterocycles. The van der Waals surface area contributed by atoms with Crippen LogP contribution in [0, 0.1) is 0 Å². The summed E-state index contributed by atoms with van der Waals surface area (Å²) in [5.74, 6) is 2.24. The van der Waals surface area contributed by atoms with Crippen molar-refractivity contribution in [2.45, 2.75) is 45.0 Å². The second kappa shape index (κ2) is 6.97. The van der Waals surface area contributed by atoms with Crippen LogP contribution in [0.2, 0.25) is 0 Å². The van der Waals surface area contributed by atoms with Gasteiger partial charge in [0.15, 0.2) is 0 Å². The number of nitrogens with zero attached hydrogens (tertiary/aromatic N) is 2. The highest BCUT2D eigenvalue weighted by Gasteiger charge is 2.15. The first-order chi connectivity index (χ1) is 7.72. The molecule has 0 fully saturated rings. The molecule has 0 aromatic carbocycles. The van der Waals surface area contributed by atoms with Crippen molar-refractivity contribution in [1.29, 1.82) is 0 Å². The Kier molecular flexibility index (Phi) is 5.91. The molecule has 0 amide bonds. The standard InChI is InChI=1S/C12H23N3S/c1-5-10(3)16-9-11(13-4)12-14-7-8-15(12)6-2/h7-8,10-11,13H,5-6,9H2,1-4H3. The molecule has 2 atom stereocenters. The Balaban J connectivity index is 2.60. The van der Waals surface area contributed by atoms with Crippen LogP contribution in [-0.4, -0.2) is 27.6 Å². The molecule has 1 N–H and O–H groups in total. The van der Waals surface area contributed by atoms with Gasteiger partial charge in [-0.3, -0.25) is 0 Å². The van der Waals surface area contributed by atoms with Crippen LogP contribution in [-0.2, 0) is 6.54 Å². The van der Waals surface area contributed by atoms with Gasteiger partial charge in [0.2, 0.25) is 0 Å². The van der Waals surface area contributed by atoms with E-state index in [0.717, 1.165) is 23.4 Å². The predicted octanol–water partition coefficient (Wildman–Crippen LogP) is 2.70. The molecule has 0 radical (unpaired) electrons. The molecule has 0 bridgehead atoms. The van der Waals surface area contributed by atoms with Gasteiger partial charge in [-0.15, -0.1) is 0 Å². The summed E-state index contributed by atoms with van der Waals surface area (Å²) >= 11 is 2.01. The lowest BCUT2D eigenvalue weighted by Crippen LogP contribution is -2.23. The quantitative estimate of drug-likeness (QED) is 0.796. The molecule has 0 aliphatic heterocycles. The van der Waals surface area contributed by atoms with Crippen molar-refractivity contribution in [3.63, 3.8) is 0 Å². The number of thioether (sulfide) groups is 1. The van der Waals surface area contributed by atoms with Crippen LogP contribution >= 0.6 is 11.8 Å². The molecule has 0 spiro atoms. The summed E-state index contributed by atoms with van der Waals surface area (Å²) < 4.78 is 2.21. The highest BCUT2D eigenvalue weighted by Crippen LogP contribution is 2.21. The van der Waals surface area contributed by atoms with Gasteiger partial charge < -0.3 is 9.88 Å².